The molecule has 1 aliphatic heterocycles. The lowest BCUT2D eigenvalue weighted by Crippen LogP contribution is -2.35. The highest BCUT2D eigenvalue weighted by atomic mass is 35.5. The third-order valence-corrected chi connectivity index (χ3v) is 7.08. The molecular formula is C20H22ClN3O6S. The minimum absolute atomic E-state index is 0.0261. The molecule has 166 valence electrons. The molecule has 0 radical (unpaired) electrons. The number of anilines is 1. The number of carbonyl (C=O) groups is 1. The fraction of sp³-hybridized carbons (Fsp3) is 0.350. The van der Waals surface area contributed by atoms with Crippen molar-refractivity contribution in [3.63, 3.8) is 0 Å². The van der Waals surface area contributed by atoms with E-state index in [4.69, 9.17) is 16.3 Å². The van der Waals surface area contributed by atoms with Gasteiger partial charge in [0.1, 0.15) is 5.75 Å². The lowest BCUT2D eigenvalue weighted by atomic mass is 10.1. The Balaban J connectivity index is 1.96. The molecule has 0 spiro atoms. The van der Waals surface area contributed by atoms with E-state index < -0.39 is 20.9 Å². The maximum atomic E-state index is 13.0. The molecule has 1 heterocycles. The molecule has 0 aromatic heterocycles. The van der Waals surface area contributed by atoms with Crippen LogP contribution >= 0.6 is 11.6 Å². The Hall–Kier alpha value is -2.69. The molecule has 9 nitrogen and oxygen atoms in total. The SMILES string of the molecule is CCOc1ccc(S(=O)(=O)N2CCCCC2)cc1NC(=O)c1cc([N+](=O)[O-])ccc1Cl. The molecule has 1 amide bonds. The van der Waals surface area contributed by atoms with Crippen molar-refractivity contribution in [2.24, 2.45) is 0 Å². The van der Waals surface area contributed by atoms with Crippen molar-refractivity contribution in [2.75, 3.05) is 25.0 Å². The van der Waals surface area contributed by atoms with Gasteiger partial charge in [-0.3, -0.25) is 14.9 Å². The molecule has 0 aliphatic carbocycles. The number of nitro groups is 1. The lowest BCUT2D eigenvalue weighted by Gasteiger charge is -2.26. The van der Waals surface area contributed by atoms with Crippen molar-refractivity contribution in [3.05, 3.63) is 57.1 Å². The molecule has 31 heavy (non-hydrogen) atoms. The Morgan fingerprint density at radius 3 is 2.55 bits per heavy atom. The Bertz CT molecular complexity index is 1100. The molecule has 0 saturated carbocycles. The van der Waals surface area contributed by atoms with E-state index in [9.17, 15) is 23.3 Å². The molecule has 11 heteroatoms. The highest BCUT2D eigenvalue weighted by Crippen LogP contribution is 2.31. The lowest BCUT2D eigenvalue weighted by molar-refractivity contribution is -0.384. The number of hydrogen-bond donors (Lipinski definition) is 1. The van der Waals surface area contributed by atoms with E-state index in [1.165, 1.54) is 34.6 Å². The Labute approximate surface area is 185 Å². The summed E-state index contributed by atoms with van der Waals surface area (Å²) in [5, 5.41) is 13.6. The van der Waals surface area contributed by atoms with Gasteiger partial charge in [0, 0.05) is 25.2 Å². The van der Waals surface area contributed by atoms with Gasteiger partial charge in [-0.05, 0) is 44.0 Å². The van der Waals surface area contributed by atoms with Gasteiger partial charge in [0.2, 0.25) is 10.0 Å². The van der Waals surface area contributed by atoms with E-state index in [0.717, 1.165) is 25.3 Å². The number of nitrogens with one attached hydrogen (secondary N) is 1. The minimum atomic E-state index is -3.73. The number of ether oxygens (including phenoxy) is 1. The van der Waals surface area contributed by atoms with Gasteiger partial charge in [-0.15, -0.1) is 0 Å². The zero-order valence-corrected chi connectivity index (χ0v) is 18.4. The van der Waals surface area contributed by atoms with Crippen LogP contribution in [0.15, 0.2) is 41.3 Å². The Morgan fingerprint density at radius 1 is 1.19 bits per heavy atom. The summed E-state index contributed by atoms with van der Waals surface area (Å²) in [7, 11) is -3.73. The minimum Gasteiger partial charge on any atom is -0.492 e. The van der Waals surface area contributed by atoms with E-state index >= 15 is 0 Å². The number of piperidine rings is 1. The van der Waals surface area contributed by atoms with Crippen LogP contribution in [0, 0.1) is 10.1 Å². The van der Waals surface area contributed by atoms with Crippen LogP contribution in [0.25, 0.3) is 0 Å². The van der Waals surface area contributed by atoms with Crippen molar-refractivity contribution in [3.8, 4) is 5.75 Å². The van der Waals surface area contributed by atoms with Crippen molar-refractivity contribution >= 4 is 38.9 Å². The number of halogens is 1. The van der Waals surface area contributed by atoms with Gasteiger partial charge < -0.3 is 10.1 Å². The quantitative estimate of drug-likeness (QED) is 0.484. The topological polar surface area (TPSA) is 119 Å². The van der Waals surface area contributed by atoms with Crippen LogP contribution in [0.1, 0.15) is 36.5 Å². The molecule has 3 rings (SSSR count). The van der Waals surface area contributed by atoms with Crippen molar-refractivity contribution in [2.45, 2.75) is 31.1 Å². The molecule has 1 saturated heterocycles. The number of amides is 1. The molecular weight excluding hydrogens is 446 g/mol. The Kier molecular flexibility index (Phi) is 7.14. The summed E-state index contributed by atoms with van der Waals surface area (Å²) in [6, 6.07) is 7.76. The Morgan fingerprint density at radius 2 is 1.90 bits per heavy atom. The number of sulfonamides is 1. The van der Waals surface area contributed by atoms with Gasteiger partial charge in [-0.1, -0.05) is 18.0 Å². The number of rotatable bonds is 7. The van der Waals surface area contributed by atoms with Gasteiger partial charge in [-0.25, -0.2) is 8.42 Å². The predicted octanol–water partition coefficient (Wildman–Crippen LogP) is 4.07. The largest absolute Gasteiger partial charge is 0.492 e. The van der Waals surface area contributed by atoms with Crippen LogP contribution in [-0.4, -0.2) is 43.2 Å². The molecule has 1 aliphatic rings. The van der Waals surface area contributed by atoms with Gasteiger partial charge >= 0.3 is 0 Å². The van der Waals surface area contributed by atoms with Gasteiger partial charge in [0.25, 0.3) is 11.6 Å². The standard InChI is InChI=1S/C20H22ClN3O6S/c1-2-30-19-9-7-15(31(28,29)23-10-4-3-5-11-23)13-18(19)22-20(25)16-12-14(24(26)27)6-8-17(16)21/h6-9,12-13H,2-5,10-11H2,1H3,(H,22,25). The second kappa shape index (κ2) is 9.63. The van der Waals surface area contributed by atoms with Crippen LogP contribution in [0.3, 0.4) is 0 Å². The maximum absolute atomic E-state index is 13.0. The van der Waals surface area contributed by atoms with E-state index in [0.29, 0.717) is 19.7 Å². The van der Waals surface area contributed by atoms with Gasteiger partial charge in [-0.2, -0.15) is 4.31 Å². The second-order valence-electron chi connectivity index (χ2n) is 6.93. The molecule has 2 aromatic carbocycles. The zero-order valence-electron chi connectivity index (χ0n) is 16.8. The van der Waals surface area contributed by atoms with Crippen LogP contribution < -0.4 is 10.1 Å². The first kappa shape index (κ1) is 23.0. The normalized spacial score (nSPS) is 14.8. The van der Waals surface area contributed by atoms with Gasteiger partial charge in [0.15, 0.2) is 0 Å². The second-order valence-corrected chi connectivity index (χ2v) is 9.28. The predicted molar refractivity (Wildman–Crippen MR) is 116 cm³/mol. The van der Waals surface area contributed by atoms with Crippen molar-refractivity contribution < 1.29 is 22.9 Å². The van der Waals surface area contributed by atoms with E-state index in [-0.39, 0.29) is 32.6 Å². The third kappa shape index (κ3) is 5.15. The summed E-state index contributed by atoms with van der Waals surface area (Å²) in [5.41, 5.74) is -0.267. The van der Waals surface area contributed by atoms with E-state index in [2.05, 4.69) is 5.32 Å². The summed E-state index contributed by atoms with van der Waals surface area (Å²) in [6.45, 7) is 2.93. The first-order chi connectivity index (χ1) is 14.7. The highest BCUT2D eigenvalue weighted by Gasteiger charge is 2.27. The molecule has 1 N–H and O–H groups in total. The van der Waals surface area contributed by atoms with Crippen LogP contribution in [-0.2, 0) is 10.0 Å². The summed E-state index contributed by atoms with van der Waals surface area (Å²) >= 11 is 6.05. The van der Waals surface area contributed by atoms with Crippen molar-refractivity contribution in [1.29, 1.82) is 0 Å². The van der Waals surface area contributed by atoms with E-state index in [1.54, 1.807) is 6.92 Å². The fourth-order valence-electron chi connectivity index (χ4n) is 3.29. The first-order valence-electron chi connectivity index (χ1n) is 9.76. The summed E-state index contributed by atoms with van der Waals surface area (Å²) < 4.78 is 33.0. The van der Waals surface area contributed by atoms with Crippen LogP contribution in [0.2, 0.25) is 5.02 Å². The zero-order chi connectivity index (χ0) is 22.6. The first-order valence-corrected chi connectivity index (χ1v) is 11.6. The van der Waals surface area contributed by atoms with Crippen LogP contribution in [0.4, 0.5) is 11.4 Å². The smallest absolute Gasteiger partial charge is 0.270 e. The molecule has 0 atom stereocenters. The molecule has 0 bridgehead atoms. The van der Waals surface area contributed by atoms with Crippen molar-refractivity contribution in [1.82, 2.24) is 4.31 Å². The maximum Gasteiger partial charge on any atom is 0.270 e. The van der Waals surface area contributed by atoms with Crippen LogP contribution in [0.5, 0.6) is 5.75 Å². The van der Waals surface area contributed by atoms with Gasteiger partial charge in [0.05, 0.1) is 32.7 Å². The highest BCUT2D eigenvalue weighted by molar-refractivity contribution is 7.89. The fourth-order valence-corrected chi connectivity index (χ4v) is 5.04. The summed E-state index contributed by atoms with van der Waals surface area (Å²) in [5.74, 6) is -0.447. The average Bonchev–Trinajstić information content (AvgIpc) is 2.75. The monoisotopic (exact) mass is 467 g/mol. The average molecular weight is 468 g/mol. The number of non-ortho nitro benzene ring substituents is 1. The number of hydrogen-bond acceptors (Lipinski definition) is 6. The number of carbonyl (C=O) groups excluding carboxylic acids is 1. The van der Waals surface area contributed by atoms with E-state index in [1.807, 2.05) is 0 Å². The summed E-state index contributed by atoms with van der Waals surface area (Å²) in [4.78, 5) is 23.2. The summed E-state index contributed by atoms with van der Waals surface area (Å²) in [6.07, 6.45) is 2.58. The molecule has 2 aromatic rings. The number of nitro benzene ring substituents is 1. The molecule has 1 fully saturated rings. The third-order valence-electron chi connectivity index (χ3n) is 4.86. The molecule has 0 unspecified atom stereocenters. The number of nitrogens with zero attached hydrogens (tertiary/aromatic N) is 2. The number of benzene rings is 2.